The van der Waals surface area contributed by atoms with Gasteiger partial charge in [0.1, 0.15) is 10.8 Å². The van der Waals surface area contributed by atoms with Crippen molar-refractivity contribution in [2.24, 2.45) is 0 Å². The molecule has 0 radical (unpaired) electrons. The highest BCUT2D eigenvalue weighted by Gasteiger charge is 2.27. The standard InChI is InChI=1S/C26H33ClN6O3S/c1-14(2)36-24-15(3)11-20(12-16(24)4)29-26-28-13-21(27)25(31-26)30-22-9-10-23(18(6)17(22)5)33-37(34,35)32-19-7-8-19/h9-14,19,32-33H,7-8H2,1-6H3,(H2,28,29,30,31). The fraction of sp³-hybridized carbons (Fsp3) is 0.385. The Hall–Kier alpha value is -3.08. The lowest BCUT2D eigenvalue weighted by Gasteiger charge is -2.18. The highest BCUT2D eigenvalue weighted by molar-refractivity contribution is 7.90. The van der Waals surface area contributed by atoms with Crippen molar-refractivity contribution < 1.29 is 13.2 Å². The molecule has 4 N–H and O–H groups in total. The molecule has 1 fully saturated rings. The number of rotatable bonds is 10. The zero-order valence-electron chi connectivity index (χ0n) is 21.9. The SMILES string of the molecule is Cc1cc(Nc2ncc(Cl)c(Nc3ccc(NS(=O)(=O)NC4CC4)c(C)c3C)n2)cc(C)c1OC(C)C. The molecule has 1 heterocycles. The van der Waals surface area contributed by atoms with E-state index in [4.69, 9.17) is 16.3 Å². The van der Waals surface area contributed by atoms with Gasteiger partial charge >= 0.3 is 0 Å². The topological polar surface area (TPSA) is 117 Å². The van der Waals surface area contributed by atoms with Crippen molar-refractivity contribution in [3.05, 3.63) is 57.7 Å². The Balaban J connectivity index is 1.53. The van der Waals surface area contributed by atoms with Crippen LogP contribution in [0.4, 0.5) is 28.8 Å². The van der Waals surface area contributed by atoms with Crippen molar-refractivity contribution in [1.29, 1.82) is 0 Å². The van der Waals surface area contributed by atoms with Crippen LogP contribution < -0.4 is 24.8 Å². The molecule has 4 rings (SSSR count). The third kappa shape index (κ3) is 6.82. The molecule has 0 amide bonds. The summed E-state index contributed by atoms with van der Waals surface area (Å²) in [6, 6.07) is 7.52. The van der Waals surface area contributed by atoms with Gasteiger partial charge in [-0.2, -0.15) is 18.1 Å². The minimum absolute atomic E-state index is 0.0293. The van der Waals surface area contributed by atoms with Gasteiger partial charge in [-0.05, 0) is 101 Å². The molecule has 1 saturated carbocycles. The fourth-order valence-corrected chi connectivity index (χ4v) is 5.26. The minimum atomic E-state index is -3.62. The van der Waals surface area contributed by atoms with Crippen LogP contribution in [0.25, 0.3) is 0 Å². The van der Waals surface area contributed by atoms with E-state index in [1.165, 1.54) is 6.20 Å². The Labute approximate surface area is 223 Å². The summed E-state index contributed by atoms with van der Waals surface area (Å²) in [4.78, 5) is 8.89. The molecule has 1 aliphatic carbocycles. The molecule has 1 aromatic heterocycles. The molecule has 0 spiro atoms. The first kappa shape index (κ1) is 27.0. The van der Waals surface area contributed by atoms with Crippen LogP contribution in [0.3, 0.4) is 0 Å². The molecule has 0 aliphatic heterocycles. The van der Waals surface area contributed by atoms with Crippen molar-refractivity contribution >= 4 is 50.6 Å². The second-order valence-corrected chi connectivity index (χ2v) is 11.5. The second kappa shape index (κ2) is 10.7. The Morgan fingerprint density at radius 3 is 2.24 bits per heavy atom. The smallest absolute Gasteiger partial charge is 0.299 e. The van der Waals surface area contributed by atoms with E-state index in [0.29, 0.717) is 22.5 Å². The average Bonchev–Trinajstić information content (AvgIpc) is 3.61. The number of halogens is 1. The predicted octanol–water partition coefficient (Wildman–Crippen LogP) is 6.05. The maximum Gasteiger partial charge on any atom is 0.299 e. The summed E-state index contributed by atoms with van der Waals surface area (Å²) in [6.45, 7) is 11.8. The second-order valence-electron chi connectivity index (χ2n) is 9.65. The van der Waals surface area contributed by atoms with Crippen LogP contribution in [-0.4, -0.2) is 30.5 Å². The Morgan fingerprint density at radius 1 is 1.00 bits per heavy atom. The highest BCUT2D eigenvalue weighted by atomic mass is 35.5. The van der Waals surface area contributed by atoms with Gasteiger partial charge in [0, 0.05) is 17.4 Å². The first-order valence-electron chi connectivity index (χ1n) is 12.2. The van der Waals surface area contributed by atoms with Gasteiger partial charge in [0.25, 0.3) is 10.2 Å². The predicted molar refractivity (Wildman–Crippen MR) is 150 cm³/mol. The number of hydrogen-bond acceptors (Lipinski definition) is 7. The van der Waals surface area contributed by atoms with Gasteiger partial charge in [-0.25, -0.2) is 4.98 Å². The lowest BCUT2D eigenvalue weighted by molar-refractivity contribution is 0.239. The number of nitrogens with zero attached hydrogens (tertiary/aromatic N) is 2. The van der Waals surface area contributed by atoms with Gasteiger partial charge < -0.3 is 15.4 Å². The molecular weight excluding hydrogens is 512 g/mol. The van der Waals surface area contributed by atoms with Crippen molar-refractivity contribution in [1.82, 2.24) is 14.7 Å². The summed E-state index contributed by atoms with van der Waals surface area (Å²) in [6.07, 6.45) is 3.36. The molecule has 37 heavy (non-hydrogen) atoms. The minimum Gasteiger partial charge on any atom is -0.490 e. The van der Waals surface area contributed by atoms with Crippen molar-refractivity contribution in [2.45, 2.75) is 66.5 Å². The van der Waals surface area contributed by atoms with Gasteiger partial charge in [-0.1, -0.05) is 11.6 Å². The molecule has 1 aliphatic rings. The molecule has 0 saturated heterocycles. The molecule has 3 aromatic rings. The number of hydrogen-bond donors (Lipinski definition) is 4. The maximum atomic E-state index is 12.3. The monoisotopic (exact) mass is 544 g/mol. The Morgan fingerprint density at radius 2 is 1.62 bits per heavy atom. The van der Waals surface area contributed by atoms with E-state index in [1.54, 1.807) is 12.1 Å². The van der Waals surface area contributed by atoms with Crippen LogP contribution in [0, 0.1) is 27.7 Å². The van der Waals surface area contributed by atoms with E-state index in [0.717, 1.165) is 52.2 Å². The summed E-state index contributed by atoms with van der Waals surface area (Å²) < 4.78 is 35.9. The average molecular weight is 545 g/mol. The molecule has 0 atom stereocenters. The molecule has 198 valence electrons. The van der Waals surface area contributed by atoms with Crippen molar-refractivity contribution in [2.75, 3.05) is 15.4 Å². The van der Waals surface area contributed by atoms with Gasteiger partial charge in [0.2, 0.25) is 5.95 Å². The van der Waals surface area contributed by atoms with Crippen LogP contribution >= 0.6 is 11.6 Å². The van der Waals surface area contributed by atoms with Crippen LogP contribution in [0.2, 0.25) is 5.02 Å². The van der Waals surface area contributed by atoms with Gasteiger partial charge in [-0.15, -0.1) is 0 Å². The number of benzene rings is 2. The summed E-state index contributed by atoms with van der Waals surface area (Å²) >= 11 is 6.40. The molecule has 0 bridgehead atoms. The summed E-state index contributed by atoms with van der Waals surface area (Å²) in [5.74, 6) is 1.69. The van der Waals surface area contributed by atoms with Crippen LogP contribution in [0.5, 0.6) is 5.75 Å². The first-order valence-corrected chi connectivity index (χ1v) is 14.0. The number of aromatic nitrogens is 2. The summed E-state index contributed by atoms with van der Waals surface area (Å²) in [7, 11) is -3.62. The van der Waals surface area contributed by atoms with Gasteiger partial charge in [0.15, 0.2) is 5.82 Å². The molecule has 11 heteroatoms. The van der Waals surface area contributed by atoms with Gasteiger partial charge in [-0.3, -0.25) is 4.72 Å². The van der Waals surface area contributed by atoms with Crippen LogP contribution in [-0.2, 0) is 10.2 Å². The van der Waals surface area contributed by atoms with E-state index in [-0.39, 0.29) is 12.1 Å². The van der Waals surface area contributed by atoms with Crippen molar-refractivity contribution in [3.63, 3.8) is 0 Å². The third-order valence-electron chi connectivity index (χ3n) is 6.00. The lowest BCUT2D eigenvalue weighted by Crippen LogP contribution is -2.32. The van der Waals surface area contributed by atoms with E-state index in [1.807, 2.05) is 53.7 Å². The summed E-state index contributed by atoms with van der Waals surface area (Å²) in [5, 5.41) is 6.85. The largest absolute Gasteiger partial charge is 0.490 e. The third-order valence-corrected chi connectivity index (χ3v) is 7.41. The normalized spacial score (nSPS) is 13.5. The van der Waals surface area contributed by atoms with Gasteiger partial charge in [0.05, 0.1) is 18.0 Å². The molecule has 9 nitrogen and oxygen atoms in total. The fourth-order valence-electron chi connectivity index (χ4n) is 3.88. The summed E-state index contributed by atoms with van der Waals surface area (Å²) in [5.41, 5.74) is 5.79. The number of aryl methyl sites for hydroxylation is 2. The van der Waals surface area contributed by atoms with Crippen molar-refractivity contribution in [3.8, 4) is 5.75 Å². The van der Waals surface area contributed by atoms with E-state index >= 15 is 0 Å². The van der Waals surface area contributed by atoms with Crippen LogP contribution in [0.1, 0.15) is 48.9 Å². The Bertz CT molecular complexity index is 1400. The van der Waals surface area contributed by atoms with E-state index in [2.05, 4.69) is 30.0 Å². The zero-order chi connectivity index (χ0) is 26.9. The lowest BCUT2D eigenvalue weighted by atomic mass is 10.1. The molecule has 0 unspecified atom stereocenters. The van der Waals surface area contributed by atoms with E-state index < -0.39 is 10.2 Å². The molecule has 2 aromatic carbocycles. The van der Waals surface area contributed by atoms with Crippen LogP contribution in [0.15, 0.2) is 30.5 Å². The quantitative estimate of drug-likeness (QED) is 0.245. The number of ether oxygens (including phenoxy) is 1. The number of anilines is 5. The highest BCUT2D eigenvalue weighted by Crippen LogP contribution is 2.33. The number of nitrogens with one attached hydrogen (secondary N) is 4. The first-order chi connectivity index (χ1) is 17.4. The van der Waals surface area contributed by atoms with E-state index in [9.17, 15) is 8.42 Å². The molecular formula is C26H33ClN6O3S. The Kier molecular flexibility index (Phi) is 7.82. The zero-order valence-corrected chi connectivity index (χ0v) is 23.4. The maximum absolute atomic E-state index is 12.3.